The maximum absolute atomic E-state index is 12.5. The second-order valence-corrected chi connectivity index (χ2v) is 11.0. The molecular weight excluding hydrogens is 512 g/mol. The number of nitrogens with one attached hydrogen (secondary N) is 2. The van der Waals surface area contributed by atoms with Crippen LogP contribution < -0.4 is 15.4 Å². The third kappa shape index (κ3) is 5.19. The topological polar surface area (TPSA) is 100 Å². The number of thiophene rings is 1. The molecule has 192 valence electrons. The van der Waals surface area contributed by atoms with E-state index in [0.29, 0.717) is 34.2 Å². The number of hydrogen-bond acceptors (Lipinski definition) is 7. The van der Waals surface area contributed by atoms with Gasteiger partial charge in [0.2, 0.25) is 5.91 Å². The van der Waals surface area contributed by atoms with E-state index in [4.69, 9.17) is 16.3 Å². The van der Waals surface area contributed by atoms with Gasteiger partial charge in [-0.2, -0.15) is 5.10 Å². The highest BCUT2D eigenvalue weighted by atomic mass is 35.5. The van der Waals surface area contributed by atoms with Crippen LogP contribution in [0.1, 0.15) is 36.0 Å². The minimum Gasteiger partial charge on any atom is -0.486 e. The molecule has 4 heterocycles. The smallest absolute Gasteiger partial charge is 0.252 e. The lowest BCUT2D eigenvalue weighted by Gasteiger charge is -2.32. The number of ketones is 1. The van der Waals surface area contributed by atoms with Gasteiger partial charge in [0.15, 0.2) is 5.78 Å². The zero-order valence-electron chi connectivity index (χ0n) is 20.7. The van der Waals surface area contributed by atoms with Gasteiger partial charge in [0.1, 0.15) is 18.0 Å². The molecule has 1 aromatic heterocycles. The van der Waals surface area contributed by atoms with Crippen molar-refractivity contribution in [3.8, 4) is 16.2 Å². The van der Waals surface area contributed by atoms with Gasteiger partial charge in [0.25, 0.3) is 5.91 Å². The molecule has 3 aliphatic rings. The molecule has 10 heteroatoms. The standard InChI is InChI=1S/C27H27ClN4O4S/c1-14(2)32-26-19(12-30-32)8-16(27(35)31-26)4-7-24(34)29-13-20-10-18-9-17(11-21(28)25(18)36-20)23-6-5-22(37-23)15(3)33/h4-9,11-12,14,19-20,26H,10,13H2,1-3H3,(H,29,34)(H,31,35)/b7-4+. The van der Waals surface area contributed by atoms with Crippen molar-refractivity contribution in [3.63, 3.8) is 0 Å². The number of hydrogen-bond donors (Lipinski definition) is 2. The molecule has 0 spiro atoms. The number of rotatable bonds is 7. The second-order valence-electron chi connectivity index (χ2n) is 9.54. The monoisotopic (exact) mass is 538 g/mol. The Morgan fingerprint density at radius 1 is 1.35 bits per heavy atom. The summed E-state index contributed by atoms with van der Waals surface area (Å²) in [5.41, 5.74) is 2.32. The van der Waals surface area contributed by atoms with Gasteiger partial charge >= 0.3 is 0 Å². The van der Waals surface area contributed by atoms with Crippen LogP contribution in [0.4, 0.5) is 0 Å². The summed E-state index contributed by atoms with van der Waals surface area (Å²) in [4.78, 5) is 38.3. The Hall–Kier alpha value is -3.43. The van der Waals surface area contributed by atoms with E-state index in [1.165, 1.54) is 23.5 Å². The minimum atomic E-state index is -0.318. The van der Waals surface area contributed by atoms with E-state index in [1.54, 1.807) is 6.92 Å². The Morgan fingerprint density at radius 2 is 2.16 bits per heavy atom. The molecule has 1 aromatic carbocycles. The van der Waals surface area contributed by atoms with Gasteiger partial charge in [-0.1, -0.05) is 17.7 Å². The first-order chi connectivity index (χ1) is 17.7. The molecule has 0 radical (unpaired) electrons. The van der Waals surface area contributed by atoms with E-state index < -0.39 is 0 Å². The number of Topliss-reactive ketones (excluding diaryl/α,β-unsaturated/α-hetero) is 1. The van der Waals surface area contributed by atoms with E-state index in [9.17, 15) is 14.4 Å². The summed E-state index contributed by atoms with van der Waals surface area (Å²) in [7, 11) is 0. The van der Waals surface area contributed by atoms with Gasteiger partial charge < -0.3 is 15.4 Å². The van der Waals surface area contributed by atoms with Crippen LogP contribution in [0.15, 0.2) is 53.2 Å². The first-order valence-electron chi connectivity index (χ1n) is 12.1. The number of ether oxygens (including phenoxy) is 1. The molecule has 8 nitrogen and oxygen atoms in total. The van der Waals surface area contributed by atoms with E-state index >= 15 is 0 Å². The Morgan fingerprint density at radius 3 is 2.89 bits per heavy atom. The quantitative estimate of drug-likeness (QED) is 0.410. The molecule has 37 heavy (non-hydrogen) atoms. The van der Waals surface area contributed by atoms with Gasteiger partial charge in [-0.25, -0.2) is 0 Å². The molecular formula is C27H27ClN4O4S. The molecule has 0 saturated carbocycles. The van der Waals surface area contributed by atoms with E-state index in [-0.39, 0.29) is 41.8 Å². The van der Waals surface area contributed by atoms with Gasteiger partial charge in [-0.05, 0) is 56.7 Å². The average Bonchev–Trinajstić information content (AvgIpc) is 3.59. The molecule has 2 aromatic rings. The number of nitrogens with zero attached hydrogens (tertiary/aromatic N) is 2. The molecule has 3 atom stereocenters. The van der Waals surface area contributed by atoms with Crippen molar-refractivity contribution in [2.75, 3.05) is 6.54 Å². The first-order valence-corrected chi connectivity index (χ1v) is 13.3. The minimum absolute atomic E-state index is 0.0338. The van der Waals surface area contributed by atoms with Crippen LogP contribution in [0, 0.1) is 5.92 Å². The summed E-state index contributed by atoms with van der Waals surface area (Å²) in [6.07, 6.45) is 6.67. The zero-order valence-corrected chi connectivity index (χ0v) is 22.2. The van der Waals surface area contributed by atoms with E-state index in [1.807, 2.05) is 55.4 Å². The van der Waals surface area contributed by atoms with Gasteiger partial charge in [0.05, 0.1) is 22.4 Å². The lowest BCUT2D eigenvalue weighted by molar-refractivity contribution is -0.120. The van der Waals surface area contributed by atoms with Crippen LogP contribution in [0.3, 0.4) is 0 Å². The lowest BCUT2D eigenvalue weighted by Crippen LogP contribution is -2.52. The molecule has 0 aliphatic carbocycles. The molecule has 3 aliphatic heterocycles. The number of carbonyl (C=O) groups is 3. The molecule has 0 bridgehead atoms. The number of carbonyl (C=O) groups excluding carboxylic acids is 3. The van der Waals surface area contributed by atoms with Crippen molar-refractivity contribution in [1.82, 2.24) is 15.6 Å². The van der Waals surface area contributed by atoms with E-state index in [2.05, 4.69) is 15.7 Å². The third-order valence-corrected chi connectivity index (χ3v) is 7.99. The Bertz CT molecular complexity index is 1360. The number of benzene rings is 1. The molecule has 2 amide bonds. The van der Waals surface area contributed by atoms with Crippen LogP contribution >= 0.6 is 22.9 Å². The van der Waals surface area contributed by atoms with Crippen LogP contribution in [0.25, 0.3) is 10.4 Å². The Balaban J connectivity index is 1.18. The molecule has 3 unspecified atom stereocenters. The summed E-state index contributed by atoms with van der Waals surface area (Å²) in [6.45, 7) is 5.88. The van der Waals surface area contributed by atoms with Crippen molar-refractivity contribution < 1.29 is 19.1 Å². The lowest BCUT2D eigenvalue weighted by atomic mass is 9.98. The van der Waals surface area contributed by atoms with Gasteiger partial charge in [0, 0.05) is 40.8 Å². The predicted octanol–water partition coefficient (Wildman–Crippen LogP) is 3.96. The number of halogens is 1. The van der Waals surface area contributed by atoms with Crippen molar-refractivity contribution in [3.05, 3.63) is 63.5 Å². The molecule has 2 N–H and O–H groups in total. The highest BCUT2D eigenvalue weighted by Gasteiger charge is 2.36. The Kier molecular flexibility index (Phi) is 6.92. The summed E-state index contributed by atoms with van der Waals surface area (Å²) in [6, 6.07) is 7.76. The summed E-state index contributed by atoms with van der Waals surface area (Å²) in [5, 5.41) is 12.5. The van der Waals surface area contributed by atoms with E-state index in [0.717, 1.165) is 16.0 Å². The fraction of sp³-hybridized carbons (Fsp3) is 0.333. The predicted molar refractivity (Wildman–Crippen MR) is 144 cm³/mol. The fourth-order valence-corrected chi connectivity index (χ4v) is 5.80. The van der Waals surface area contributed by atoms with Gasteiger partial charge in [-0.15, -0.1) is 11.3 Å². The van der Waals surface area contributed by atoms with Crippen molar-refractivity contribution in [1.29, 1.82) is 0 Å². The SMILES string of the molecule is CC(=O)c1ccc(-c2cc(Cl)c3c(c2)CC(CNC(=O)/C=C/C2=CC4C=NN(C(C)C)C4NC2=O)O3)s1. The van der Waals surface area contributed by atoms with Crippen LogP contribution in [-0.2, 0) is 16.0 Å². The zero-order chi connectivity index (χ0) is 26.3. The summed E-state index contributed by atoms with van der Waals surface area (Å²) in [5.74, 6) is 0.0670. The highest BCUT2D eigenvalue weighted by Crippen LogP contribution is 2.41. The third-order valence-electron chi connectivity index (χ3n) is 6.47. The second kappa shape index (κ2) is 10.1. The van der Waals surface area contributed by atoms with Crippen molar-refractivity contribution >= 4 is 46.7 Å². The number of fused-ring (bicyclic) bond motifs is 2. The van der Waals surface area contributed by atoms with Crippen LogP contribution in [0.2, 0.25) is 5.02 Å². The average molecular weight is 539 g/mol. The summed E-state index contributed by atoms with van der Waals surface area (Å²) < 4.78 is 5.99. The van der Waals surface area contributed by atoms with Crippen LogP contribution in [-0.4, -0.2) is 53.7 Å². The molecule has 5 rings (SSSR count). The maximum atomic E-state index is 12.5. The van der Waals surface area contributed by atoms with Crippen molar-refractivity contribution in [2.45, 2.75) is 45.5 Å². The number of hydrazone groups is 1. The first kappa shape index (κ1) is 25.2. The largest absolute Gasteiger partial charge is 0.486 e. The number of amides is 2. The molecule has 0 saturated heterocycles. The Labute approximate surface area is 224 Å². The molecule has 0 fully saturated rings. The van der Waals surface area contributed by atoms with Crippen molar-refractivity contribution in [2.24, 2.45) is 11.0 Å². The summed E-state index contributed by atoms with van der Waals surface area (Å²) >= 11 is 7.92. The highest BCUT2D eigenvalue weighted by molar-refractivity contribution is 7.17. The van der Waals surface area contributed by atoms with Gasteiger partial charge in [-0.3, -0.25) is 19.4 Å². The normalized spacial score (nSPS) is 22.1. The fourth-order valence-electron chi connectivity index (χ4n) is 4.63. The van der Waals surface area contributed by atoms with Crippen LogP contribution in [0.5, 0.6) is 5.75 Å². The maximum Gasteiger partial charge on any atom is 0.252 e.